The molecule has 64 heavy (non-hydrogen) atoms. The molecule has 13 aromatic rings. The van der Waals surface area contributed by atoms with Gasteiger partial charge in [-0.1, -0.05) is 158 Å². The molecule has 0 atom stereocenters. The lowest BCUT2D eigenvalue weighted by molar-refractivity contribution is 0.669. The van der Waals surface area contributed by atoms with Crippen molar-refractivity contribution in [3.8, 4) is 67.7 Å². The van der Waals surface area contributed by atoms with Gasteiger partial charge in [0.15, 0.2) is 17.5 Å². The molecule has 0 bridgehead atoms. The highest BCUT2D eigenvalue weighted by Gasteiger charge is 2.22. The van der Waals surface area contributed by atoms with Crippen LogP contribution in [0.5, 0.6) is 0 Å². The van der Waals surface area contributed by atoms with Crippen molar-refractivity contribution in [2.24, 2.45) is 0 Å². The molecule has 9 aromatic carbocycles. The lowest BCUT2D eigenvalue weighted by Crippen LogP contribution is -2.00. The van der Waals surface area contributed by atoms with Gasteiger partial charge in [0.25, 0.3) is 0 Å². The molecule has 0 aliphatic heterocycles. The van der Waals surface area contributed by atoms with E-state index in [2.05, 4.69) is 120 Å². The lowest BCUT2D eigenvalue weighted by atomic mass is 9.94. The maximum absolute atomic E-state index is 6.86. The SMILES string of the molecule is c1ccc(-c2nc(-c3cccc4c3oc3cc(-c5ccccc5-c5ncnc6ccccc56)ccc34)nc(-c3cccc4c3oc3cccc(-c5cccc6ccccc56)c34)n2)cc1. The molecule has 0 N–H and O–H groups in total. The average Bonchev–Trinajstić information content (AvgIpc) is 3.95. The van der Waals surface area contributed by atoms with E-state index in [4.69, 9.17) is 28.8 Å². The third-order valence-electron chi connectivity index (χ3n) is 12.3. The Bertz CT molecular complexity index is 3970. The Labute approximate surface area is 366 Å². The number of nitrogens with zero attached hydrogens (tertiary/aromatic N) is 5. The van der Waals surface area contributed by atoms with Crippen LogP contribution in [0.1, 0.15) is 0 Å². The quantitative estimate of drug-likeness (QED) is 0.165. The van der Waals surface area contributed by atoms with Gasteiger partial charge in [-0.25, -0.2) is 24.9 Å². The first-order valence-electron chi connectivity index (χ1n) is 21.2. The number of furan rings is 2. The van der Waals surface area contributed by atoms with Gasteiger partial charge in [0, 0.05) is 38.1 Å². The van der Waals surface area contributed by atoms with Gasteiger partial charge >= 0.3 is 0 Å². The van der Waals surface area contributed by atoms with E-state index >= 15 is 0 Å². The normalized spacial score (nSPS) is 11.8. The van der Waals surface area contributed by atoms with E-state index in [9.17, 15) is 0 Å². The van der Waals surface area contributed by atoms with E-state index in [0.717, 1.165) is 93.8 Å². The summed E-state index contributed by atoms with van der Waals surface area (Å²) in [6, 6.07) is 66.5. The Morgan fingerprint density at radius 1 is 0.328 bits per heavy atom. The predicted molar refractivity (Wildman–Crippen MR) is 258 cm³/mol. The molecule has 0 unspecified atom stereocenters. The first-order chi connectivity index (χ1) is 31.7. The van der Waals surface area contributed by atoms with Crippen LogP contribution >= 0.6 is 0 Å². The number of hydrogen-bond donors (Lipinski definition) is 0. The first-order valence-corrected chi connectivity index (χ1v) is 21.2. The molecule has 0 radical (unpaired) electrons. The minimum Gasteiger partial charge on any atom is -0.455 e. The smallest absolute Gasteiger partial charge is 0.167 e. The summed E-state index contributed by atoms with van der Waals surface area (Å²) in [5, 5.41) is 7.39. The molecule has 7 heteroatoms. The minimum atomic E-state index is 0.499. The Morgan fingerprint density at radius 3 is 1.78 bits per heavy atom. The van der Waals surface area contributed by atoms with E-state index in [-0.39, 0.29) is 0 Å². The third kappa shape index (κ3) is 5.72. The summed E-state index contributed by atoms with van der Waals surface area (Å²) in [5.74, 6) is 1.55. The van der Waals surface area contributed by atoms with E-state index in [1.54, 1.807) is 6.33 Å². The molecule has 298 valence electrons. The monoisotopic (exact) mass is 819 g/mol. The van der Waals surface area contributed by atoms with Gasteiger partial charge in [-0.05, 0) is 69.4 Å². The van der Waals surface area contributed by atoms with Gasteiger partial charge in [0.05, 0.1) is 22.3 Å². The maximum Gasteiger partial charge on any atom is 0.167 e. The summed E-state index contributed by atoms with van der Waals surface area (Å²) in [4.78, 5) is 24.8. The van der Waals surface area contributed by atoms with Gasteiger partial charge in [-0.3, -0.25) is 0 Å². The number of fused-ring (bicyclic) bond motifs is 8. The summed E-state index contributed by atoms with van der Waals surface area (Å²) >= 11 is 0. The van der Waals surface area contributed by atoms with Crippen LogP contribution in [-0.2, 0) is 0 Å². The standard InChI is InChI=1S/C57H33N5O2/c1-2-15-35(16-3-1)55-60-56(62-57(61-55)47-27-12-25-45-51-41(23-13-29-49(51)63-54(45)47)39-22-10-17-34-14-4-5-18-37(34)39)46-26-11-24-43-40-31-30-36(32-50(40)64-53(43)46)38-19-6-7-20-42(38)52-44-21-8-9-28-48(44)58-33-59-52/h1-33H. The fraction of sp³-hybridized carbons (Fsp3) is 0. The lowest BCUT2D eigenvalue weighted by Gasteiger charge is -2.11. The van der Waals surface area contributed by atoms with Crippen molar-refractivity contribution in [2.75, 3.05) is 0 Å². The largest absolute Gasteiger partial charge is 0.455 e. The summed E-state index contributed by atoms with van der Waals surface area (Å²) < 4.78 is 13.7. The van der Waals surface area contributed by atoms with Crippen molar-refractivity contribution in [1.29, 1.82) is 0 Å². The third-order valence-corrected chi connectivity index (χ3v) is 12.3. The second kappa shape index (κ2) is 14.4. The zero-order chi connectivity index (χ0) is 42.1. The highest BCUT2D eigenvalue weighted by molar-refractivity contribution is 6.17. The van der Waals surface area contributed by atoms with Gasteiger partial charge in [-0.2, -0.15) is 0 Å². The summed E-state index contributed by atoms with van der Waals surface area (Å²) in [5.41, 5.74) is 12.5. The fourth-order valence-electron chi connectivity index (χ4n) is 9.34. The Balaban J connectivity index is 0.979. The highest BCUT2D eigenvalue weighted by atomic mass is 16.3. The van der Waals surface area contributed by atoms with Crippen LogP contribution in [0, 0.1) is 0 Å². The number of aromatic nitrogens is 5. The van der Waals surface area contributed by atoms with Gasteiger partial charge < -0.3 is 8.83 Å². The van der Waals surface area contributed by atoms with Crippen LogP contribution < -0.4 is 0 Å². The molecule has 0 aliphatic carbocycles. The van der Waals surface area contributed by atoms with Crippen molar-refractivity contribution in [3.05, 3.63) is 200 Å². The summed E-state index contributed by atoms with van der Waals surface area (Å²) in [6.45, 7) is 0. The average molecular weight is 820 g/mol. The predicted octanol–water partition coefficient (Wildman–Crippen LogP) is 14.8. The Hall–Kier alpha value is -8.81. The summed E-state index contributed by atoms with van der Waals surface area (Å²) in [7, 11) is 0. The molecule has 0 fully saturated rings. The number of rotatable bonds is 6. The van der Waals surface area contributed by atoms with Crippen molar-refractivity contribution >= 4 is 65.6 Å². The highest BCUT2D eigenvalue weighted by Crippen LogP contribution is 2.43. The molecule has 0 saturated heterocycles. The molecule has 0 aliphatic rings. The molecule has 0 spiro atoms. The molecule has 0 amide bonds. The van der Waals surface area contributed by atoms with E-state index in [0.29, 0.717) is 28.6 Å². The van der Waals surface area contributed by atoms with Crippen molar-refractivity contribution in [1.82, 2.24) is 24.9 Å². The maximum atomic E-state index is 6.86. The van der Waals surface area contributed by atoms with Crippen LogP contribution in [-0.4, -0.2) is 24.9 Å². The second-order valence-electron chi connectivity index (χ2n) is 15.9. The molecular weight excluding hydrogens is 787 g/mol. The van der Waals surface area contributed by atoms with E-state index in [1.165, 1.54) is 10.8 Å². The first kappa shape index (κ1) is 35.9. The molecule has 13 rings (SSSR count). The summed E-state index contributed by atoms with van der Waals surface area (Å²) in [6.07, 6.45) is 1.63. The Kier molecular flexibility index (Phi) is 8.08. The Morgan fingerprint density at radius 2 is 0.922 bits per heavy atom. The fourth-order valence-corrected chi connectivity index (χ4v) is 9.34. The van der Waals surface area contributed by atoms with Crippen LogP contribution in [0.4, 0.5) is 0 Å². The number of benzene rings is 9. The zero-order valence-corrected chi connectivity index (χ0v) is 34.1. The molecular formula is C57H33N5O2. The van der Waals surface area contributed by atoms with Gasteiger partial charge in [0.1, 0.15) is 28.7 Å². The number of para-hydroxylation sites is 3. The molecule has 4 aromatic heterocycles. The van der Waals surface area contributed by atoms with E-state index < -0.39 is 0 Å². The second-order valence-corrected chi connectivity index (χ2v) is 15.9. The molecule has 0 saturated carbocycles. The van der Waals surface area contributed by atoms with Gasteiger partial charge in [-0.15, -0.1) is 0 Å². The topological polar surface area (TPSA) is 90.7 Å². The van der Waals surface area contributed by atoms with Crippen LogP contribution in [0.25, 0.3) is 133 Å². The van der Waals surface area contributed by atoms with Crippen molar-refractivity contribution < 1.29 is 8.83 Å². The molecule has 4 heterocycles. The van der Waals surface area contributed by atoms with E-state index in [1.807, 2.05) is 78.9 Å². The molecule has 7 nitrogen and oxygen atoms in total. The van der Waals surface area contributed by atoms with Crippen LogP contribution in [0.15, 0.2) is 209 Å². The van der Waals surface area contributed by atoms with Crippen LogP contribution in [0.3, 0.4) is 0 Å². The zero-order valence-electron chi connectivity index (χ0n) is 34.1. The number of hydrogen-bond acceptors (Lipinski definition) is 7. The van der Waals surface area contributed by atoms with Crippen molar-refractivity contribution in [3.63, 3.8) is 0 Å². The minimum absolute atomic E-state index is 0.499. The van der Waals surface area contributed by atoms with Gasteiger partial charge in [0.2, 0.25) is 0 Å². The van der Waals surface area contributed by atoms with Crippen molar-refractivity contribution in [2.45, 2.75) is 0 Å². The van der Waals surface area contributed by atoms with Crippen LogP contribution in [0.2, 0.25) is 0 Å².